The first-order chi connectivity index (χ1) is 6.09. The van der Waals surface area contributed by atoms with Crippen LogP contribution < -0.4 is 4.74 Å². The maximum absolute atomic E-state index is 12.8. The standard InChI is InChI=1S/C10H13FO2/c1-7-5-9(3-4-10(7)11)13-6-8(2)12/h3-5,8,12H,6H2,1-2H3. The van der Waals surface area contributed by atoms with Crippen molar-refractivity contribution in [1.82, 2.24) is 0 Å². The van der Waals surface area contributed by atoms with Crippen molar-refractivity contribution in [3.63, 3.8) is 0 Å². The molecule has 0 amide bonds. The third-order valence-corrected chi connectivity index (χ3v) is 1.62. The minimum absolute atomic E-state index is 0.227. The van der Waals surface area contributed by atoms with Crippen molar-refractivity contribution >= 4 is 0 Å². The van der Waals surface area contributed by atoms with Gasteiger partial charge in [-0.1, -0.05) is 0 Å². The fourth-order valence-corrected chi connectivity index (χ4v) is 0.924. The summed E-state index contributed by atoms with van der Waals surface area (Å²) in [5.74, 6) is 0.337. The van der Waals surface area contributed by atoms with Crippen LogP contribution in [0.3, 0.4) is 0 Å². The molecule has 0 heterocycles. The molecule has 0 aliphatic rings. The first kappa shape index (κ1) is 9.99. The number of halogens is 1. The Hall–Kier alpha value is -1.09. The number of aryl methyl sites for hydroxylation is 1. The van der Waals surface area contributed by atoms with Crippen molar-refractivity contribution in [2.24, 2.45) is 0 Å². The molecule has 1 unspecified atom stereocenters. The molecule has 0 aliphatic carbocycles. The predicted octanol–water partition coefficient (Wildman–Crippen LogP) is 1.89. The fraction of sp³-hybridized carbons (Fsp3) is 0.400. The third kappa shape index (κ3) is 3.03. The summed E-state index contributed by atoms with van der Waals surface area (Å²) in [6.45, 7) is 3.53. The van der Waals surface area contributed by atoms with Gasteiger partial charge in [0.15, 0.2) is 0 Å². The molecule has 0 aliphatic heterocycles. The largest absolute Gasteiger partial charge is 0.491 e. The normalized spacial score (nSPS) is 12.6. The summed E-state index contributed by atoms with van der Waals surface area (Å²) < 4.78 is 18.0. The van der Waals surface area contributed by atoms with Gasteiger partial charge in [-0.05, 0) is 37.6 Å². The second-order valence-electron chi connectivity index (χ2n) is 3.07. The van der Waals surface area contributed by atoms with Crippen LogP contribution in [0.2, 0.25) is 0 Å². The molecule has 3 heteroatoms. The zero-order valence-electron chi connectivity index (χ0n) is 7.75. The van der Waals surface area contributed by atoms with E-state index >= 15 is 0 Å². The number of ether oxygens (including phenoxy) is 1. The van der Waals surface area contributed by atoms with Gasteiger partial charge in [-0.2, -0.15) is 0 Å². The van der Waals surface area contributed by atoms with Gasteiger partial charge >= 0.3 is 0 Å². The summed E-state index contributed by atoms with van der Waals surface area (Å²) in [5, 5.41) is 8.94. The van der Waals surface area contributed by atoms with Crippen molar-refractivity contribution in [2.75, 3.05) is 6.61 Å². The van der Waals surface area contributed by atoms with E-state index in [9.17, 15) is 4.39 Å². The molecule has 1 N–H and O–H groups in total. The summed E-state index contributed by atoms with van der Waals surface area (Å²) in [7, 11) is 0. The van der Waals surface area contributed by atoms with Gasteiger partial charge in [0.05, 0.1) is 6.10 Å². The first-order valence-corrected chi connectivity index (χ1v) is 4.16. The zero-order chi connectivity index (χ0) is 9.84. The summed E-state index contributed by atoms with van der Waals surface area (Å²) >= 11 is 0. The lowest BCUT2D eigenvalue weighted by atomic mass is 10.2. The summed E-state index contributed by atoms with van der Waals surface area (Å²) in [6.07, 6.45) is -0.509. The monoisotopic (exact) mass is 184 g/mol. The molecule has 13 heavy (non-hydrogen) atoms. The van der Waals surface area contributed by atoms with Gasteiger partial charge in [0.1, 0.15) is 18.2 Å². The molecule has 0 saturated heterocycles. The number of rotatable bonds is 3. The zero-order valence-corrected chi connectivity index (χ0v) is 7.75. The Morgan fingerprint density at radius 2 is 2.23 bits per heavy atom. The molecule has 1 atom stereocenters. The van der Waals surface area contributed by atoms with Gasteiger partial charge in [0, 0.05) is 0 Å². The van der Waals surface area contributed by atoms with Gasteiger partial charge in [-0.3, -0.25) is 0 Å². The SMILES string of the molecule is Cc1cc(OCC(C)O)ccc1F. The van der Waals surface area contributed by atoms with Crippen LogP contribution in [-0.4, -0.2) is 17.8 Å². The van der Waals surface area contributed by atoms with Crippen molar-refractivity contribution in [2.45, 2.75) is 20.0 Å². The van der Waals surface area contributed by atoms with E-state index < -0.39 is 6.10 Å². The number of aliphatic hydroxyl groups is 1. The minimum Gasteiger partial charge on any atom is -0.491 e. The minimum atomic E-state index is -0.509. The summed E-state index contributed by atoms with van der Waals surface area (Å²) in [5.41, 5.74) is 0.545. The molecule has 1 aromatic rings. The van der Waals surface area contributed by atoms with Crippen molar-refractivity contribution in [3.05, 3.63) is 29.6 Å². The summed E-state index contributed by atoms with van der Waals surface area (Å²) in [4.78, 5) is 0. The van der Waals surface area contributed by atoms with Crippen LogP contribution in [0.25, 0.3) is 0 Å². The van der Waals surface area contributed by atoms with Gasteiger partial charge in [0.25, 0.3) is 0 Å². The molecule has 1 aromatic carbocycles. The van der Waals surface area contributed by atoms with E-state index in [4.69, 9.17) is 9.84 Å². The number of benzene rings is 1. The lowest BCUT2D eigenvalue weighted by Crippen LogP contribution is -2.12. The maximum Gasteiger partial charge on any atom is 0.126 e. The van der Waals surface area contributed by atoms with Crippen molar-refractivity contribution in [1.29, 1.82) is 0 Å². The molecular formula is C10H13FO2. The highest BCUT2D eigenvalue weighted by Gasteiger charge is 2.01. The van der Waals surface area contributed by atoms with Gasteiger partial charge in [-0.25, -0.2) is 4.39 Å². The average molecular weight is 184 g/mol. The first-order valence-electron chi connectivity index (χ1n) is 4.16. The molecule has 72 valence electrons. The maximum atomic E-state index is 12.8. The number of hydrogen-bond acceptors (Lipinski definition) is 2. The highest BCUT2D eigenvalue weighted by Crippen LogP contribution is 2.15. The van der Waals surface area contributed by atoms with E-state index in [0.717, 1.165) is 0 Å². The van der Waals surface area contributed by atoms with Crippen LogP contribution in [0.15, 0.2) is 18.2 Å². The molecule has 0 spiro atoms. The number of aliphatic hydroxyl groups excluding tert-OH is 1. The molecule has 0 radical (unpaired) electrons. The van der Waals surface area contributed by atoms with Gasteiger partial charge in [-0.15, -0.1) is 0 Å². The topological polar surface area (TPSA) is 29.5 Å². The smallest absolute Gasteiger partial charge is 0.126 e. The Labute approximate surface area is 77.0 Å². The fourth-order valence-electron chi connectivity index (χ4n) is 0.924. The molecule has 0 aromatic heterocycles. The Bertz CT molecular complexity index is 284. The summed E-state index contributed by atoms with van der Waals surface area (Å²) in [6, 6.07) is 4.51. The Balaban J connectivity index is 2.63. The average Bonchev–Trinajstić information content (AvgIpc) is 2.07. The van der Waals surface area contributed by atoms with Crippen LogP contribution in [0, 0.1) is 12.7 Å². The van der Waals surface area contributed by atoms with E-state index in [1.807, 2.05) is 0 Å². The van der Waals surface area contributed by atoms with Crippen LogP contribution in [0.4, 0.5) is 4.39 Å². The highest BCUT2D eigenvalue weighted by atomic mass is 19.1. The molecule has 0 bridgehead atoms. The molecule has 0 saturated carbocycles. The Morgan fingerprint density at radius 1 is 1.54 bits per heavy atom. The third-order valence-electron chi connectivity index (χ3n) is 1.62. The lowest BCUT2D eigenvalue weighted by molar-refractivity contribution is 0.122. The predicted molar refractivity (Wildman–Crippen MR) is 48.3 cm³/mol. The number of hydrogen-bond donors (Lipinski definition) is 1. The molecular weight excluding hydrogens is 171 g/mol. The van der Waals surface area contributed by atoms with Crippen LogP contribution in [0.1, 0.15) is 12.5 Å². The van der Waals surface area contributed by atoms with Gasteiger partial charge in [0.2, 0.25) is 0 Å². The van der Waals surface area contributed by atoms with Crippen molar-refractivity contribution in [3.8, 4) is 5.75 Å². The quantitative estimate of drug-likeness (QED) is 0.777. The van der Waals surface area contributed by atoms with E-state index in [0.29, 0.717) is 11.3 Å². The van der Waals surface area contributed by atoms with E-state index in [1.54, 1.807) is 26.0 Å². The second kappa shape index (κ2) is 4.23. The molecule has 2 nitrogen and oxygen atoms in total. The Kier molecular flexibility index (Phi) is 3.25. The van der Waals surface area contributed by atoms with E-state index in [-0.39, 0.29) is 12.4 Å². The van der Waals surface area contributed by atoms with Crippen molar-refractivity contribution < 1.29 is 14.2 Å². The van der Waals surface area contributed by atoms with E-state index in [1.165, 1.54) is 6.07 Å². The lowest BCUT2D eigenvalue weighted by Gasteiger charge is -2.08. The molecule has 0 fully saturated rings. The second-order valence-corrected chi connectivity index (χ2v) is 3.07. The van der Waals surface area contributed by atoms with Crippen LogP contribution in [0.5, 0.6) is 5.75 Å². The highest BCUT2D eigenvalue weighted by molar-refractivity contribution is 5.28. The van der Waals surface area contributed by atoms with E-state index in [2.05, 4.69) is 0 Å². The Morgan fingerprint density at radius 3 is 2.77 bits per heavy atom. The van der Waals surface area contributed by atoms with Gasteiger partial charge < -0.3 is 9.84 Å². The van der Waals surface area contributed by atoms with Crippen LogP contribution in [-0.2, 0) is 0 Å². The molecule has 1 rings (SSSR count). The van der Waals surface area contributed by atoms with Crippen LogP contribution >= 0.6 is 0 Å².